The molecule has 1 aromatic rings. The Bertz CT molecular complexity index is 790. The van der Waals surface area contributed by atoms with Gasteiger partial charge in [-0.1, -0.05) is 29.8 Å². The van der Waals surface area contributed by atoms with E-state index in [0.717, 1.165) is 0 Å². The Kier molecular flexibility index (Phi) is 3.27. The van der Waals surface area contributed by atoms with E-state index >= 15 is 0 Å². The normalized spacial score (nSPS) is 37.4. The third-order valence-electron chi connectivity index (χ3n) is 4.90. The summed E-state index contributed by atoms with van der Waals surface area (Å²) in [6.07, 6.45) is 0.520. The summed E-state index contributed by atoms with van der Waals surface area (Å²) in [5.74, 6) is -1.57. The second kappa shape index (κ2) is 4.90. The van der Waals surface area contributed by atoms with E-state index in [4.69, 9.17) is 16.3 Å². The van der Waals surface area contributed by atoms with Gasteiger partial charge in [0, 0.05) is 10.4 Å². The number of β-lactam (4-membered cyclic amide) rings is 1. The van der Waals surface area contributed by atoms with Crippen molar-refractivity contribution in [1.82, 2.24) is 4.90 Å². The first kappa shape index (κ1) is 16.7. The zero-order valence-electron chi connectivity index (χ0n) is 13.4. The molecule has 0 aliphatic carbocycles. The van der Waals surface area contributed by atoms with Crippen LogP contribution in [0.2, 0.25) is 0 Å². The van der Waals surface area contributed by atoms with Gasteiger partial charge in [0.1, 0.15) is 11.4 Å². The smallest absolute Gasteiger partial charge is 0.327 e. The second-order valence-corrected chi connectivity index (χ2v) is 8.98. The molecular weight excluding hydrogens is 368 g/mol. The number of para-hydroxylation sites is 1. The van der Waals surface area contributed by atoms with Crippen LogP contribution in [0.25, 0.3) is 0 Å². The van der Waals surface area contributed by atoms with Crippen molar-refractivity contribution in [2.75, 3.05) is 4.90 Å². The average Bonchev–Trinajstić information content (AvgIpc) is 3.12. The van der Waals surface area contributed by atoms with Gasteiger partial charge in [0.05, 0.1) is 0 Å². The molecule has 3 saturated heterocycles. The Morgan fingerprint density at radius 1 is 1.40 bits per heavy atom. The van der Waals surface area contributed by atoms with Gasteiger partial charge >= 0.3 is 5.97 Å². The molecule has 0 saturated carbocycles. The van der Waals surface area contributed by atoms with Gasteiger partial charge in [-0.2, -0.15) is 0 Å². The number of fused-ring (bicyclic) bond motifs is 2. The lowest BCUT2D eigenvalue weighted by Crippen LogP contribution is -2.71. The summed E-state index contributed by atoms with van der Waals surface area (Å²) in [6.45, 7) is 3.53. The number of nitrogens with zero attached hydrogens (tertiary/aromatic N) is 2. The van der Waals surface area contributed by atoms with Gasteiger partial charge in [0.15, 0.2) is 0 Å². The lowest BCUT2D eigenvalue weighted by atomic mass is 9.90. The molecule has 9 heteroatoms. The highest BCUT2D eigenvalue weighted by Gasteiger charge is 2.92. The number of carbonyl (C=O) groups excluding carboxylic acids is 2. The zero-order chi connectivity index (χ0) is 18.2. The molecule has 2 amide bonds. The predicted octanol–water partition coefficient (Wildman–Crippen LogP) is 1.46. The highest BCUT2D eigenvalue weighted by Crippen LogP contribution is 2.70. The number of ether oxygens (including phenoxy) is 1. The maximum absolute atomic E-state index is 12.8. The van der Waals surface area contributed by atoms with Crippen LogP contribution in [0.5, 0.6) is 0 Å². The molecular formula is C16H15ClN2O5S. The van der Waals surface area contributed by atoms with Crippen LogP contribution in [-0.4, -0.2) is 55.2 Å². The van der Waals surface area contributed by atoms with Crippen molar-refractivity contribution in [2.24, 2.45) is 0 Å². The molecule has 0 aromatic heterocycles. The predicted molar refractivity (Wildman–Crippen MR) is 91.1 cm³/mol. The molecule has 1 N–H and O–H groups in total. The summed E-state index contributed by atoms with van der Waals surface area (Å²) in [5.41, 5.74) is -0.926. The molecule has 3 aliphatic rings. The fourth-order valence-corrected chi connectivity index (χ4v) is 5.94. The topological polar surface area (TPSA) is 90.5 Å². The maximum atomic E-state index is 12.8. The Morgan fingerprint density at radius 2 is 2.04 bits per heavy atom. The summed E-state index contributed by atoms with van der Waals surface area (Å²) in [6, 6.07) is 7.67. The Hall–Kier alpha value is -1.77. The van der Waals surface area contributed by atoms with Crippen LogP contribution >= 0.6 is 23.4 Å². The van der Waals surface area contributed by atoms with Crippen molar-refractivity contribution in [1.29, 1.82) is 0 Å². The number of carboxylic acids is 1. The number of epoxide rings is 1. The van der Waals surface area contributed by atoms with Crippen LogP contribution in [0.3, 0.4) is 0 Å². The molecule has 3 heterocycles. The minimum Gasteiger partial charge on any atom is -0.480 e. The number of aliphatic carboxylic acids is 1. The van der Waals surface area contributed by atoms with E-state index in [9.17, 15) is 19.5 Å². The fourth-order valence-electron chi connectivity index (χ4n) is 3.71. The Labute approximate surface area is 152 Å². The van der Waals surface area contributed by atoms with Gasteiger partial charge in [0.2, 0.25) is 12.0 Å². The minimum absolute atomic E-state index is 0.493. The van der Waals surface area contributed by atoms with E-state index < -0.39 is 38.8 Å². The Balaban J connectivity index is 1.69. The van der Waals surface area contributed by atoms with Crippen molar-refractivity contribution >= 4 is 47.3 Å². The first-order valence-corrected chi connectivity index (χ1v) is 8.88. The molecule has 4 atom stereocenters. The van der Waals surface area contributed by atoms with E-state index in [2.05, 4.69) is 0 Å². The number of hydrogen-bond acceptors (Lipinski definition) is 5. The summed E-state index contributed by atoms with van der Waals surface area (Å²) in [4.78, 5) is 38.5. The third kappa shape index (κ3) is 1.84. The summed E-state index contributed by atoms with van der Waals surface area (Å²) in [5, 5.41) is 7.29. The van der Waals surface area contributed by atoms with E-state index in [1.54, 1.807) is 44.2 Å². The summed E-state index contributed by atoms with van der Waals surface area (Å²) >= 11 is 7.87. The van der Waals surface area contributed by atoms with Crippen LogP contribution < -0.4 is 4.90 Å². The maximum Gasteiger partial charge on any atom is 0.327 e. The zero-order valence-corrected chi connectivity index (χ0v) is 15.0. The molecule has 25 heavy (non-hydrogen) atoms. The molecule has 0 unspecified atom stereocenters. The fraction of sp³-hybridized carbons (Fsp3) is 0.438. The summed E-state index contributed by atoms with van der Waals surface area (Å²) in [7, 11) is 0. The van der Waals surface area contributed by atoms with E-state index in [1.807, 2.05) is 0 Å². The number of halogens is 1. The molecule has 0 radical (unpaired) electrons. The second-order valence-electron chi connectivity index (χ2n) is 6.74. The third-order valence-corrected chi connectivity index (χ3v) is 7.05. The number of rotatable bonds is 4. The van der Waals surface area contributed by atoms with E-state index in [0.29, 0.717) is 12.1 Å². The van der Waals surface area contributed by atoms with E-state index in [-0.39, 0.29) is 0 Å². The van der Waals surface area contributed by atoms with Gasteiger partial charge in [-0.25, -0.2) is 4.79 Å². The molecule has 7 nitrogen and oxygen atoms in total. The van der Waals surface area contributed by atoms with Crippen molar-refractivity contribution in [3.8, 4) is 0 Å². The highest BCUT2D eigenvalue weighted by molar-refractivity contribution is 8.01. The molecule has 0 bridgehead atoms. The monoisotopic (exact) mass is 382 g/mol. The number of amides is 2. The first-order valence-electron chi connectivity index (χ1n) is 7.63. The SMILES string of the molecule is CC1(C)S[C@H]2N(C(=O)[C@]23O[C@@]3(Cl)N(C=O)c2ccccc2)[C@H]1C(=O)O. The van der Waals surface area contributed by atoms with Crippen LogP contribution in [0.4, 0.5) is 5.69 Å². The van der Waals surface area contributed by atoms with Gasteiger partial charge in [0.25, 0.3) is 11.1 Å². The molecule has 4 rings (SSSR count). The van der Waals surface area contributed by atoms with Gasteiger partial charge in [-0.05, 0) is 26.0 Å². The molecule has 1 spiro atoms. The van der Waals surface area contributed by atoms with E-state index in [1.165, 1.54) is 21.6 Å². The lowest BCUT2D eigenvalue weighted by molar-refractivity contribution is -0.165. The lowest BCUT2D eigenvalue weighted by Gasteiger charge is -2.43. The first-order chi connectivity index (χ1) is 11.7. The Morgan fingerprint density at radius 3 is 2.60 bits per heavy atom. The van der Waals surface area contributed by atoms with Crippen molar-refractivity contribution in [3.63, 3.8) is 0 Å². The largest absolute Gasteiger partial charge is 0.480 e. The average molecular weight is 383 g/mol. The quantitative estimate of drug-likeness (QED) is 0.279. The highest BCUT2D eigenvalue weighted by atomic mass is 35.5. The number of benzene rings is 1. The number of thioether (sulfide) groups is 1. The number of carbonyl (C=O) groups is 3. The van der Waals surface area contributed by atoms with Gasteiger partial charge in [-0.3, -0.25) is 14.5 Å². The van der Waals surface area contributed by atoms with Gasteiger partial charge < -0.3 is 14.7 Å². The van der Waals surface area contributed by atoms with Crippen LogP contribution in [0.1, 0.15) is 13.8 Å². The number of alkyl halides is 1. The van der Waals surface area contributed by atoms with Crippen molar-refractivity contribution in [2.45, 2.75) is 40.8 Å². The van der Waals surface area contributed by atoms with Crippen molar-refractivity contribution < 1.29 is 24.2 Å². The van der Waals surface area contributed by atoms with Crippen LogP contribution in [-0.2, 0) is 19.1 Å². The number of anilines is 1. The standard InChI is InChI=1S/C16H15ClN2O5S/c1-14(2)10(11(21)22)19-12(23)15(13(19)25-14)16(17,24-15)18(8-20)9-6-4-3-5-7-9/h3-8,10,13H,1-2H3,(H,21,22)/t10-,13+,15-,16-/m0/s1. The molecule has 3 fully saturated rings. The minimum atomic E-state index is -1.65. The van der Waals surface area contributed by atoms with Gasteiger partial charge in [-0.15, -0.1) is 11.8 Å². The number of carboxylic acid groups (broad SMARTS) is 1. The molecule has 1 aromatic carbocycles. The number of hydrogen-bond donors (Lipinski definition) is 1. The molecule has 132 valence electrons. The van der Waals surface area contributed by atoms with Crippen LogP contribution in [0.15, 0.2) is 30.3 Å². The summed E-state index contributed by atoms with van der Waals surface area (Å²) < 4.78 is 4.94. The van der Waals surface area contributed by atoms with Crippen molar-refractivity contribution in [3.05, 3.63) is 30.3 Å². The molecule has 3 aliphatic heterocycles. The van der Waals surface area contributed by atoms with Crippen LogP contribution in [0, 0.1) is 0 Å².